The minimum atomic E-state index is 0.129. The Kier molecular flexibility index (Phi) is 12.4. The quantitative estimate of drug-likeness (QED) is 0.158. The van der Waals surface area contributed by atoms with Crippen LogP contribution in [-0.2, 0) is 0 Å². The maximum atomic E-state index is 10.0. The average Bonchev–Trinajstić information content (AvgIpc) is 2.65. The van der Waals surface area contributed by atoms with Crippen LogP contribution in [0.5, 0.6) is 11.5 Å². The van der Waals surface area contributed by atoms with Crippen LogP contribution in [-0.4, -0.2) is 22.6 Å². The molecule has 0 saturated heterocycles. The van der Waals surface area contributed by atoms with Crippen molar-refractivity contribution in [2.75, 3.05) is 6.61 Å². The predicted octanol–water partition coefficient (Wildman–Crippen LogP) is 6.67. The van der Waals surface area contributed by atoms with Crippen molar-refractivity contribution in [2.24, 2.45) is 5.16 Å². The van der Waals surface area contributed by atoms with Crippen LogP contribution < -0.4 is 4.74 Å². The van der Waals surface area contributed by atoms with Crippen LogP contribution in [0, 0.1) is 0 Å². The van der Waals surface area contributed by atoms with Gasteiger partial charge >= 0.3 is 0 Å². The molecule has 0 fully saturated rings. The first-order chi connectivity index (χ1) is 12.7. The van der Waals surface area contributed by atoms with Crippen molar-refractivity contribution in [1.29, 1.82) is 0 Å². The summed E-state index contributed by atoms with van der Waals surface area (Å²) in [4.78, 5) is 0. The standard InChI is InChI=1S/C22H37NO3/c1-3-5-6-7-8-9-10-11-12-13-14-15-21(23-25)20-18-19(26-4-2)16-17-22(20)24/h16-18,24-25H,3-15H2,1-2H3/b23-21+. The number of aromatic hydroxyl groups is 1. The fraction of sp³-hybridized carbons (Fsp3) is 0.682. The van der Waals surface area contributed by atoms with Gasteiger partial charge in [-0.05, 0) is 38.0 Å². The van der Waals surface area contributed by atoms with E-state index < -0.39 is 0 Å². The Morgan fingerprint density at radius 1 is 0.885 bits per heavy atom. The van der Waals surface area contributed by atoms with Gasteiger partial charge in [-0.1, -0.05) is 76.3 Å². The molecule has 1 aromatic carbocycles. The molecule has 26 heavy (non-hydrogen) atoms. The van der Waals surface area contributed by atoms with E-state index in [1.807, 2.05) is 6.92 Å². The van der Waals surface area contributed by atoms with Crippen LogP contribution in [0.3, 0.4) is 0 Å². The van der Waals surface area contributed by atoms with Gasteiger partial charge in [0.05, 0.1) is 12.3 Å². The molecule has 1 rings (SSSR count). The van der Waals surface area contributed by atoms with Gasteiger partial charge in [-0.2, -0.15) is 0 Å². The maximum absolute atomic E-state index is 10.0. The summed E-state index contributed by atoms with van der Waals surface area (Å²) in [5.41, 5.74) is 1.09. The van der Waals surface area contributed by atoms with E-state index in [-0.39, 0.29) is 5.75 Å². The molecule has 0 aliphatic carbocycles. The predicted molar refractivity (Wildman–Crippen MR) is 109 cm³/mol. The van der Waals surface area contributed by atoms with Gasteiger partial charge in [-0.15, -0.1) is 0 Å². The highest BCUT2D eigenvalue weighted by atomic mass is 16.5. The molecule has 0 saturated carbocycles. The molecular weight excluding hydrogens is 326 g/mol. The van der Waals surface area contributed by atoms with E-state index in [2.05, 4.69) is 12.1 Å². The zero-order valence-corrected chi connectivity index (χ0v) is 16.7. The third-order valence-corrected chi connectivity index (χ3v) is 4.73. The second-order valence-electron chi connectivity index (χ2n) is 6.94. The summed E-state index contributed by atoms with van der Waals surface area (Å²) >= 11 is 0. The van der Waals surface area contributed by atoms with Crippen LogP contribution >= 0.6 is 0 Å². The largest absolute Gasteiger partial charge is 0.507 e. The van der Waals surface area contributed by atoms with Crippen LogP contribution in [0.2, 0.25) is 0 Å². The Hall–Kier alpha value is -1.71. The van der Waals surface area contributed by atoms with Crippen molar-refractivity contribution in [2.45, 2.75) is 90.9 Å². The number of oxime groups is 1. The molecular formula is C22H37NO3. The molecule has 148 valence electrons. The summed E-state index contributed by atoms with van der Waals surface area (Å²) in [5.74, 6) is 0.810. The lowest BCUT2D eigenvalue weighted by atomic mass is 10.0. The first kappa shape index (κ1) is 22.3. The number of hydrogen-bond acceptors (Lipinski definition) is 4. The third-order valence-electron chi connectivity index (χ3n) is 4.73. The normalized spacial score (nSPS) is 11.7. The summed E-state index contributed by atoms with van der Waals surface area (Å²) in [5, 5.41) is 22.8. The number of nitrogens with zero attached hydrogens (tertiary/aromatic N) is 1. The minimum Gasteiger partial charge on any atom is -0.507 e. The van der Waals surface area contributed by atoms with Crippen molar-refractivity contribution >= 4 is 5.71 Å². The highest BCUT2D eigenvalue weighted by Gasteiger charge is 2.11. The summed E-state index contributed by atoms with van der Waals surface area (Å²) in [6, 6.07) is 5.05. The second-order valence-corrected chi connectivity index (χ2v) is 6.94. The number of benzene rings is 1. The van der Waals surface area contributed by atoms with E-state index in [1.54, 1.807) is 18.2 Å². The number of unbranched alkanes of at least 4 members (excludes halogenated alkanes) is 10. The summed E-state index contributed by atoms with van der Waals surface area (Å²) in [6.45, 7) is 4.73. The lowest BCUT2D eigenvalue weighted by molar-refractivity contribution is 0.317. The van der Waals surface area contributed by atoms with Gasteiger partial charge in [-0.25, -0.2) is 0 Å². The number of phenolic OH excluding ortho intramolecular Hbond substituents is 1. The molecule has 0 atom stereocenters. The summed E-state index contributed by atoms with van der Waals surface area (Å²) in [7, 11) is 0. The SMILES string of the molecule is CCCCCCCCCCCCC/C(=N\O)c1cc(OCC)ccc1O. The molecule has 2 N–H and O–H groups in total. The van der Waals surface area contributed by atoms with Gasteiger partial charge in [0.15, 0.2) is 0 Å². The van der Waals surface area contributed by atoms with Crippen LogP contribution in [0.1, 0.15) is 96.5 Å². The molecule has 0 radical (unpaired) electrons. The van der Waals surface area contributed by atoms with Gasteiger partial charge in [-0.3, -0.25) is 0 Å². The van der Waals surface area contributed by atoms with Gasteiger partial charge in [0.1, 0.15) is 11.5 Å². The van der Waals surface area contributed by atoms with Gasteiger partial charge in [0.25, 0.3) is 0 Å². The highest BCUT2D eigenvalue weighted by molar-refractivity contribution is 6.02. The van der Waals surface area contributed by atoms with Gasteiger partial charge < -0.3 is 15.1 Å². The second kappa shape index (κ2) is 14.5. The Morgan fingerprint density at radius 3 is 2.00 bits per heavy atom. The van der Waals surface area contributed by atoms with E-state index in [0.29, 0.717) is 30.1 Å². The van der Waals surface area contributed by atoms with Crippen LogP contribution in [0.4, 0.5) is 0 Å². The lowest BCUT2D eigenvalue weighted by Crippen LogP contribution is -2.03. The summed E-state index contributed by atoms with van der Waals surface area (Å²) in [6.07, 6.45) is 14.8. The van der Waals surface area contributed by atoms with E-state index in [1.165, 1.54) is 57.8 Å². The van der Waals surface area contributed by atoms with Crippen molar-refractivity contribution < 1.29 is 15.1 Å². The Balaban J connectivity index is 2.22. The molecule has 0 aliphatic heterocycles. The monoisotopic (exact) mass is 363 g/mol. The first-order valence-corrected chi connectivity index (χ1v) is 10.4. The Bertz CT molecular complexity index is 514. The Labute approximate surface area is 159 Å². The van der Waals surface area contributed by atoms with E-state index in [4.69, 9.17) is 4.74 Å². The van der Waals surface area contributed by atoms with Gasteiger partial charge in [0.2, 0.25) is 0 Å². The molecule has 4 heteroatoms. The molecule has 0 aromatic heterocycles. The summed E-state index contributed by atoms with van der Waals surface area (Å²) < 4.78 is 5.46. The van der Waals surface area contributed by atoms with Crippen molar-refractivity contribution in [3.8, 4) is 11.5 Å². The number of rotatable bonds is 15. The molecule has 4 nitrogen and oxygen atoms in total. The lowest BCUT2D eigenvalue weighted by Gasteiger charge is -2.10. The molecule has 0 aliphatic rings. The first-order valence-electron chi connectivity index (χ1n) is 10.4. The van der Waals surface area contributed by atoms with Crippen molar-refractivity contribution in [3.63, 3.8) is 0 Å². The number of phenols is 1. The fourth-order valence-electron chi connectivity index (χ4n) is 3.20. The number of ether oxygens (including phenoxy) is 1. The van der Waals surface area contributed by atoms with E-state index in [9.17, 15) is 10.3 Å². The molecule has 0 unspecified atom stereocenters. The van der Waals surface area contributed by atoms with Crippen molar-refractivity contribution in [3.05, 3.63) is 23.8 Å². The topological polar surface area (TPSA) is 62.1 Å². The number of hydrogen-bond donors (Lipinski definition) is 2. The molecule has 0 bridgehead atoms. The zero-order chi connectivity index (χ0) is 19.0. The average molecular weight is 364 g/mol. The van der Waals surface area contributed by atoms with E-state index >= 15 is 0 Å². The maximum Gasteiger partial charge on any atom is 0.125 e. The molecule has 0 amide bonds. The minimum absolute atomic E-state index is 0.129. The highest BCUT2D eigenvalue weighted by Crippen LogP contribution is 2.25. The molecule has 0 heterocycles. The van der Waals surface area contributed by atoms with Crippen LogP contribution in [0.15, 0.2) is 23.4 Å². The smallest absolute Gasteiger partial charge is 0.125 e. The molecule has 0 spiro atoms. The Morgan fingerprint density at radius 2 is 1.46 bits per heavy atom. The zero-order valence-electron chi connectivity index (χ0n) is 16.7. The van der Waals surface area contributed by atoms with Gasteiger partial charge in [0, 0.05) is 5.56 Å². The van der Waals surface area contributed by atoms with E-state index in [0.717, 1.165) is 12.8 Å². The third kappa shape index (κ3) is 9.12. The molecule has 1 aromatic rings. The van der Waals surface area contributed by atoms with Crippen LogP contribution in [0.25, 0.3) is 0 Å². The fourth-order valence-corrected chi connectivity index (χ4v) is 3.20. The van der Waals surface area contributed by atoms with Crippen molar-refractivity contribution in [1.82, 2.24) is 0 Å².